The second-order valence-electron chi connectivity index (χ2n) is 5.13. The summed E-state index contributed by atoms with van der Waals surface area (Å²) in [6.45, 7) is 2.19. The number of anilines is 1. The van der Waals surface area contributed by atoms with Gasteiger partial charge in [0.25, 0.3) is 0 Å². The molecule has 0 saturated carbocycles. The molecule has 1 unspecified atom stereocenters. The Labute approximate surface area is 126 Å². The average Bonchev–Trinajstić information content (AvgIpc) is 2.54. The fourth-order valence-corrected chi connectivity index (χ4v) is 2.28. The molecule has 0 bridgehead atoms. The van der Waals surface area contributed by atoms with Crippen molar-refractivity contribution in [1.29, 1.82) is 0 Å². The highest BCUT2D eigenvalue weighted by atomic mass is 16.5. The van der Waals surface area contributed by atoms with Gasteiger partial charge in [-0.25, -0.2) is 0 Å². The molecule has 0 radical (unpaired) electrons. The summed E-state index contributed by atoms with van der Waals surface area (Å²) >= 11 is 0. The standard InChI is InChI=1S/C18H23NO2/c1-14(19-17-6-4-5-7-18(17)21-3)8-9-15-10-12-16(20-2)13-11-15/h4-7,10-14,19H,8-9H2,1-3H3. The number of ether oxygens (including phenoxy) is 2. The predicted octanol–water partition coefficient (Wildman–Crippen LogP) is 4.14. The van der Waals surface area contributed by atoms with E-state index in [0.29, 0.717) is 6.04 Å². The first-order chi connectivity index (χ1) is 10.2. The van der Waals surface area contributed by atoms with Crippen LogP contribution in [0.15, 0.2) is 48.5 Å². The van der Waals surface area contributed by atoms with Crippen molar-refractivity contribution in [2.45, 2.75) is 25.8 Å². The fraction of sp³-hybridized carbons (Fsp3) is 0.333. The molecule has 0 spiro atoms. The van der Waals surface area contributed by atoms with Crippen molar-refractivity contribution in [1.82, 2.24) is 0 Å². The van der Waals surface area contributed by atoms with E-state index in [1.54, 1.807) is 14.2 Å². The van der Waals surface area contributed by atoms with Gasteiger partial charge in [0.15, 0.2) is 0 Å². The Bertz CT molecular complexity index is 551. The second-order valence-corrected chi connectivity index (χ2v) is 5.13. The Balaban J connectivity index is 1.87. The van der Waals surface area contributed by atoms with Crippen LogP contribution in [-0.4, -0.2) is 20.3 Å². The highest BCUT2D eigenvalue weighted by Crippen LogP contribution is 2.24. The van der Waals surface area contributed by atoms with Crippen LogP contribution in [0.5, 0.6) is 11.5 Å². The molecule has 2 aromatic carbocycles. The number of methoxy groups -OCH3 is 2. The average molecular weight is 285 g/mol. The van der Waals surface area contributed by atoms with E-state index in [9.17, 15) is 0 Å². The molecular formula is C18H23NO2. The lowest BCUT2D eigenvalue weighted by Crippen LogP contribution is -2.16. The van der Waals surface area contributed by atoms with Gasteiger partial charge in [-0.3, -0.25) is 0 Å². The molecule has 2 aromatic rings. The van der Waals surface area contributed by atoms with Crippen molar-refractivity contribution < 1.29 is 9.47 Å². The lowest BCUT2D eigenvalue weighted by Gasteiger charge is -2.17. The summed E-state index contributed by atoms with van der Waals surface area (Å²) in [5, 5.41) is 3.50. The van der Waals surface area contributed by atoms with E-state index in [-0.39, 0.29) is 0 Å². The lowest BCUT2D eigenvalue weighted by atomic mass is 10.1. The zero-order chi connectivity index (χ0) is 15.1. The van der Waals surface area contributed by atoms with E-state index in [1.165, 1.54) is 5.56 Å². The summed E-state index contributed by atoms with van der Waals surface area (Å²) in [5.41, 5.74) is 2.37. The largest absolute Gasteiger partial charge is 0.497 e. The number of nitrogens with one attached hydrogen (secondary N) is 1. The fourth-order valence-electron chi connectivity index (χ4n) is 2.28. The Morgan fingerprint density at radius 1 is 0.952 bits per heavy atom. The van der Waals surface area contributed by atoms with Gasteiger partial charge in [0.2, 0.25) is 0 Å². The number of para-hydroxylation sites is 2. The van der Waals surface area contributed by atoms with Gasteiger partial charge in [-0.1, -0.05) is 24.3 Å². The summed E-state index contributed by atoms with van der Waals surface area (Å²) in [7, 11) is 3.39. The first kappa shape index (κ1) is 15.2. The van der Waals surface area contributed by atoms with Gasteiger partial charge in [-0.05, 0) is 49.6 Å². The van der Waals surface area contributed by atoms with Crippen molar-refractivity contribution >= 4 is 5.69 Å². The molecule has 0 amide bonds. The molecule has 3 heteroatoms. The van der Waals surface area contributed by atoms with Gasteiger partial charge in [0, 0.05) is 6.04 Å². The van der Waals surface area contributed by atoms with Crippen molar-refractivity contribution in [2.75, 3.05) is 19.5 Å². The van der Waals surface area contributed by atoms with Crippen molar-refractivity contribution in [3.63, 3.8) is 0 Å². The van der Waals surface area contributed by atoms with Crippen molar-refractivity contribution in [2.24, 2.45) is 0 Å². The Morgan fingerprint density at radius 3 is 2.33 bits per heavy atom. The van der Waals surface area contributed by atoms with Gasteiger partial charge in [-0.15, -0.1) is 0 Å². The first-order valence-corrected chi connectivity index (χ1v) is 7.25. The molecule has 0 heterocycles. The normalized spacial score (nSPS) is 11.8. The Morgan fingerprint density at radius 2 is 1.67 bits per heavy atom. The molecule has 0 aliphatic carbocycles. The molecule has 1 atom stereocenters. The van der Waals surface area contributed by atoms with Crippen LogP contribution in [0.4, 0.5) is 5.69 Å². The molecule has 0 saturated heterocycles. The molecular weight excluding hydrogens is 262 g/mol. The Hall–Kier alpha value is -2.16. The predicted molar refractivity (Wildman–Crippen MR) is 87.4 cm³/mol. The highest BCUT2D eigenvalue weighted by Gasteiger charge is 2.06. The monoisotopic (exact) mass is 285 g/mol. The molecule has 0 aliphatic rings. The number of rotatable bonds is 7. The number of benzene rings is 2. The van der Waals surface area contributed by atoms with Gasteiger partial charge in [0.1, 0.15) is 11.5 Å². The number of aryl methyl sites for hydroxylation is 1. The molecule has 1 N–H and O–H groups in total. The van der Waals surface area contributed by atoms with Crippen LogP contribution < -0.4 is 14.8 Å². The van der Waals surface area contributed by atoms with E-state index in [0.717, 1.165) is 30.0 Å². The van der Waals surface area contributed by atoms with Gasteiger partial charge in [-0.2, -0.15) is 0 Å². The SMILES string of the molecule is COc1ccc(CCC(C)Nc2ccccc2OC)cc1. The molecule has 0 aromatic heterocycles. The van der Waals surface area contributed by atoms with Crippen molar-refractivity contribution in [3.05, 3.63) is 54.1 Å². The van der Waals surface area contributed by atoms with E-state index >= 15 is 0 Å². The summed E-state index contributed by atoms with van der Waals surface area (Å²) in [5.74, 6) is 1.78. The zero-order valence-electron chi connectivity index (χ0n) is 12.9. The highest BCUT2D eigenvalue weighted by molar-refractivity contribution is 5.56. The third kappa shape index (κ3) is 4.42. The molecule has 21 heavy (non-hydrogen) atoms. The summed E-state index contributed by atoms with van der Waals surface area (Å²) in [6.07, 6.45) is 2.09. The lowest BCUT2D eigenvalue weighted by molar-refractivity contribution is 0.414. The molecule has 0 aliphatic heterocycles. The van der Waals surface area contributed by atoms with Crippen LogP contribution in [0.1, 0.15) is 18.9 Å². The topological polar surface area (TPSA) is 30.5 Å². The van der Waals surface area contributed by atoms with Crippen LogP contribution in [0, 0.1) is 0 Å². The van der Waals surface area contributed by atoms with E-state index in [1.807, 2.05) is 36.4 Å². The molecule has 112 valence electrons. The van der Waals surface area contributed by atoms with Gasteiger partial charge >= 0.3 is 0 Å². The minimum Gasteiger partial charge on any atom is -0.497 e. The quantitative estimate of drug-likeness (QED) is 0.829. The molecule has 0 fully saturated rings. The van der Waals surface area contributed by atoms with Gasteiger partial charge < -0.3 is 14.8 Å². The smallest absolute Gasteiger partial charge is 0.141 e. The van der Waals surface area contributed by atoms with Crippen molar-refractivity contribution in [3.8, 4) is 11.5 Å². The molecule has 2 rings (SSSR count). The maximum atomic E-state index is 5.36. The van der Waals surface area contributed by atoms with E-state index in [4.69, 9.17) is 9.47 Å². The van der Waals surface area contributed by atoms with Crippen LogP contribution in [0.2, 0.25) is 0 Å². The number of hydrogen-bond acceptors (Lipinski definition) is 3. The van der Waals surface area contributed by atoms with E-state index < -0.39 is 0 Å². The number of hydrogen-bond donors (Lipinski definition) is 1. The minimum atomic E-state index is 0.378. The maximum Gasteiger partial charge on any atom is 0.141 e. The van der Waals surface area contributed by atoms with Crippen LogP contribution >= 0.6 is 0 Å². The van der Waals surface area contributed by atoms with Crippen LogP contribution in [0.3, 0.4) is 0 Å². The van der Waals surface area contributed by atoms with Crippen LogP contribution in [-0.2, 0) is 6.42 Å². The third-order valence-electron chi connectivity index (χ3n) is 3.53. The van der Waals surface area contributed by atoms with Gasteiger partial charge in [0.05, 0.1) is 19.9 Å². The minimum absolute atomic E-state index is 0.378. The summed E-state index contributed by atoms with van der Waals surface area (Å²) in [4.78, 5) is 0. The summed E-state index contributed by atoms with van der Waals surface area (Å²) < 4.78 is 10.5. The summed E-state index contributed by atoms with van der Waals surface area (Å²) in [6, 6.07) is 16.6. The second kappa shape index (κ2) is 7.58. The Kier molecular flexibility index (Phi) is 5.50. The zero-order valence-corrected chi connectivity index (χ0v) is 12.9. The first-order valence-electron chi connectivity index (χ1n) is 7.25. The maximum absolute atomic E-state index is 5.36. The van der Waals surface area contributed by atoms with Crippen LogP contribution in [0.25, 0.3) is 0 Å². The third-order valence-corrected chi connectivity index (χ3v) is 3.53. The van der Waals surface area contributed by atoms with E-state index in [2.05, 4.69) is 24.4 Å². The molecule has 3 nitrogen and oxygen atoms in total.